The number of carboxylic acid groups (broad SMARTS) is 1. The number of thioether (sulfide) groups is 1. The summed E-state index contributed by atoms with van der Waals surface area (Å²) in [4.78, 5) is 23.9. The van der Waals surface area contributed by atoms with E-state index in [2.05, 4.69) is 19.2 Å². The van der Waals surface area contributed by atoms with Crippen molar-refractivity contribution in [2.24, 2.45) is 11.3 Å². The fourth-order valence-electron chi connectivity index (χ4n) is 2.79. The average Bonchev–Trinajstić information content (AvgIpc) is 2.41. The van der Waals surface area contributed by atoms with Gasteiger partial charge in [0, 0.05) is 18.4 Å². The Kier molecular flexibility index (Phi) is 6.74. The third kappa shape index (κ3) is 3.96. The Labute approximate surface area is 137 Å². The normalized spacial score (nSPS) is 26.5. The highest BCUT2D eigenvalue weighted by molar-refractivity contribution is 7.99. The second kappa shape index (κ2) is 7.68. The van der Waals surface area contributed by atoms with Gasteiger partial charge in [-0.1, -0.05) is 27.7 Å². The van der Waals surface area contributed by atoms with Crippen molar-refractivity contribution >= 4 is 23.6 Å². The van der Waals surface area contributed by atoms with E-state index in [9.17, 15) is 14.7 Å². The standard InChI is InChI=1S/C16H29NO4S/c1-6-21-12-9-16(14(19)20,15(12,4)5)17-13(18)10-22-8-7-11(2)3/h11-12H,6-10H2,1-5H3,(H,17,18)(H,19,20). The summed E-state index contributed by atoms with van der Waals surface area (Å²) < 4.78 is 5.59. The van der Waals surface area contributed by atoms with Gasteiger partial charge in [0.25, 0.3) is 0 Å². The Morgan fingerprint density at radius 1 is 1.41 bits per heavy atom. The Balaban J connectivity index is 2.59. The van der Waals surface area contributed by atoms with Crippen LogP contribution in [0.15, 0.2) is 0 Å². The molecule has 1 saturated carbocycles. The molecule has 6 heteroatoms. The van der Waals surface area contributed by atoms with Crippen molar-refractivity contribution < 1.29 is 19.4 Å². The van der Waals surface area contributed by atoms with Gasteiger partial charge in [0.15, 0.2) is 0 Å². The van der Waals surface area contributed by atoms with E-state index in [0.717, 1.165) is 12.2 Å². The molecule has 2 unspecified atom stereocenters. The topological polar surface area (TPSA) is 75.6 Å². The highest BCUT2D eigenvalue weighted by Crippen LogP contribution is 2.51. The molecule has 0 heterocycles. The third-order valence-corrected chi connectivity index (χ3v) is 5.55. The van der Waals surface area contributed by atoms with E-state index in [1.54, 1.807) is 11.8 Å². The molecule has 1 amide bonds. The molecule has 5 nitrogen and oxygen atoms in total. The molecular formula is C16H29NO4S. The van der Waals surface area contributed by atoms with Crippen LogP contribution in [0, 0.1) is 11.3 Å². The number of carbonyl (C=O) groups excluding carboxylic acids is 1. The van der Waals surface area contributed by atoms with E-state index >= 15 is 0 Å². The van der Waals surface area contributed by atoms with Crippen LogP contribution < -0.4 is 5.32 Å². The molecular weight excluding hydrogens is 302 g/mol. The number of carbonyl (C=O) groups is 2. The van der Waals surface area contributed by atoms with Gasteiger partial charge in [-0.2, -0.15) is 11.8 Å². The van der Waals surface area contributed by atoms with Crippen molar-refractivity contribution in [2.45, 2.75) is 59.1 Å². The predicted molar refractivity (Wildman–Crippen MR) is 89.1 cm³/mol. The van der Waals surface area contributed by atoms with E-state index in [0.29, 0.717) is 24.7 Å². The quantitative estimate of drug-likeness (QED) is 0.635. The Morgan fingerprint density at radius 3 is 2.50 bits per heavy atom. The second-order valence-electron chi connectivity index (χ2n) is 6.86. The van der Waals surface area contributed by atoms with Crippen LogP contribution in [0.2, 0.25) is 0 Å². The number of rotatable bonds is 9. The molecule has 1 fully saturated rings. The lowest BCUT2D eigenvalue weighted by Crippen LogP contribution is -2.76. The average molecular weight is 331 g/mol. The molecule has 0 aromatic heterocycles. The second-order valence-corrected chi connectivity index (χ2v) is 7.97. The van der Waals surface area contributed by atoms with Crippen LogP contribution >= 0.6 is 11.8 Å². The molecule has 0 aromatic rings. The first kappa shape index (κ1) is 19.3. The molecule has 0 saturated heterocycles. The zero-order chi connectivity index (χ0) is 17.0. The number of aliphatic carboxylic acids is 1. The summed E-state index contributed by atoms with van der Waals surface area (Å²) in [6.07, 6.45) is 1.24. The Bertz CT molecular complexity index is 411. The number of hydrogen-bond acceptors (Lipinski definition) is 4. The first-order valence-corrected chi connectivity index (χ1v) is 9.06. The number of amides is 1. The molecule has 0 aliphatic heterocycles. The molecule has 22 heavy (non-hydrogen) atoms. The maximum atomic E-state index is 12.1. The van der Waals surface area contributed by atoms with E-state index in [1.807, 2.05) is 20.8 Å². The summed E-state index contributed by atoms with van der Waals surface area (Å²) in [5, 5.41) is 12.4. The van der Waals surface area contributed by atoms with Crippen LogP contribution in [-0.4, -0.2) is 46.7 Å². The minimum Gasteiger partial charge on any atom is -0.479 e. The number of carboxylic acids is 1. The molecule has 1 aliphatic rings. The molecule has 0 bridgehead atoms. The lowest BCUT2D eigenvalue weighted by molar-refractivity contribution is -0.194. The van der Waals surface area contributed by atoms with Crippen LogP contribution in [-0.2, 0) is 14.3 Å². The van der Waals surface area contributed by atoms with Crippen LogP contribution in [0.4, 0.5) is 0 Å². The maximum Gasteiger partial charge on any atom is 0.330 e. The molecule has 1 aliphatic carbocycles. The van der Waals surface area contributed by atoms with E-state index in [4.69, 9.17) is 4.74 Å². The fraction of sp³-hybridized carbons (Fsp3) is 0.875. The maximum absolute atomic E-state index is 12.1. The SMILES string of the molecule is CCOC1CC(NC(=O)CSCCC(C)C)(C(=O)O)C1(C)C. The van der Waals surface area contributed by atoms with Gasteiger partial charge >= 0.3 is 5.97 Å². The minimum absolute atomic E-state index is 0.137. The zero-order valence-corrected chi connectivity index (χ0v) is 15.1. The van der Waals surface area contributed by atoms with Gasteiger partial charge < -0.3 is 15.2 Å². The van der Waals surface area contributed by atoms with Crippen molar-refractivity contribution in [1.82, 2.24) is 5.32 Å². The highest BCUT2D eigenvalue weighted by atomic mass is 32.2. The van der Waals surface area contributed by atoms with Gasteiger partial charge in [-0.3, -0.25) is 4.79 Å². The molecule has 2 N–H and O–H groups in total. The molecule has 1 rings (SSSR count). The molecule has 0 spiro atoms. The van der Waals surface area contributed by atoms with Crippen LogP contribution in [0.1, 0.15) is 47.5 Å². The van der Waals surface area contributed by atoms with Crippen LogP contribution in [0.25, 0.3) is 0 Å². The van der Waals surface area contributed by atoms with Crippen molar-refractivity contribution in [3.8, 4) is 0 Å². The van der Waals surface area contributed by atoms with Crippen molar-refractivity contribution in [2.75, 3.05) is 18.1 Å². The fourth-order valence-corrected chi connectivity index (χ4v) is 3.83. The van der Waals surface area contributed by atoms with Crippen LogP contribution in [0.5, 0.6) is 0 Å². The predicted octanol–water partition coefficient (Wildman–Crippen LogP) is 2.54. The summed E-state index contributed by atoms with van der Waals surface area (Å²) in [6, 6.07) is 0. The van der Waals surface area contributed by atoms with Gasteiger partial charge in [-0.05, 0) is 25.0 Å². The smallest absolute Gasteiger partial charge is 0.330 e. The first-order valence-electron chi connectivity index (χ1n) is 7.91. The highest BCUT2D eigenvalue weighted by Gasteiger charge is 2.66. The van der Waals surface area contributed by atoms with Gasteiger partial charge in [-0.25, -0.2) is 4.79 Å². The minimum atomic E-state index is -1.22. The van der Waals surface area contributed by atoms with Crippen molar-refractivity contribution in [1.29, 1.82) is 0 Å². The monoisotopic (exact) mass is 331 g/mol. The summed E-state index contributed by atoms with van der Waals surface area (Å²) in [6.45, 7) is 10.4. The lowest BCUT2D eigenvalue weighted by atomic mass is 9.54. The summed E-state index contributed by atoms with van der Waals surface area (Å²) in [5.41, 5.74) is -1.84. The number of hydrogen-bond donors (Lipinski definition) is 2. The van der Waals surface area contributed by atoms with E-state index < -0.39 is 16.9 Å². The van der Waals surface area contributed by atoms with E-state index in [-0.39, 0.29) is 12.0 Å². The molecule has 2 atom stereocenters. The van der Waals surface area contributed by atoms with Gasteiger partial charge in [0.1, 0.15) is 5.54 Å². The first-order chi connectivity index (χ1) is 10.2. The largest absolute Gasteiger partial charge is 0.479 e. The van der Waals surface area contributed by atoms with Gasteiger partial charge in [0.2, 0.25) is 5.91 Å². The van der Waals surface area contributed by atoms with Gasteiger partial charge in [-0.15, -0.1) is 0 Å². The Morgan fingerprint density at radius 2 is 2.05 bits per heavy atom. The molecule has 0 radical (unpaired) electrons. The van der Waals surface area contributed by atoms with E-state index in [1.165, 1.54) is 0 Å². The van der Waals surface area contributed by atoms with Crippen molar-refractivity contribution in [3.63, 3.8) is 0 Å². The molecule has 128 valence electrons. The summed E-state index contributed by atoms with van der Waals surface area (Å²) in [7, 11) is 0. The lowest BCUT2D eigenvalue weighted by Gasteiger charge is -2.58. The summed E-state index contributed by atoms with van der Waals surface area (Å²) >= 11 is 1.55. The summed E-state index contributed by atoms with van der Waals surface area (Å²) in [5.74, 6) is 0.638. The molecule has 0 aromatic carbocycles. The third-order valence-electron chi connectivity index (χ3n) is 4.55. The number of ether oxygens (including phenoxy) is 1. The zero-order valence-electron chi connectivity index (χ0n) is 14.3. The van der Waals surface area contributed by atoms with Crippen molar-refractivity contribution in [3.05, 3.63) is 0 Å². The number of nitrogens with one attached hydrogen (secondary N) is 1. The Hall–Kier alpha value is -0.750. The van der Waals surface area contributed by atoms with Crippen LogP contribution in [0.3, 0.4) is 0 Å². The van der Waals surface area contributed by atoms with Gasteiger partial charge in [0.05, 0.1) is 11.9 Å².